The van der Waals surface area contributed by atoms with E-state index in [0.29, 0.717) is 29.5 Å². The molecule has 1 saturated heterocycles. The summed E-state index contributed by atoms with van der Waals surface area (Å²) in [6.07, 6.45) is 6.06. The van der Waals surface area contributed by atoms with E-state index in [9.17, 15) is 18.7 Å². The van der Waals surface area contributed by atoms with E-state index in [1.165, 1.54) is 23.1 Å². The van der Waals surface area contributed by atoms with E-state index < -0.39 is 17.5 Å². The fourth-order valence-electron chi connectivity index (χ4n) is 4.66. The zero-order chi connectivity index (χ0) is 27.2. The summed E-state index contributed by atoms with van der Waals surface area (Å²) >= 11 is 0. The minimum Gasteiger partial charge on any atom is -0.493 e. The highest BCUT2D eigenvalue weighted by Crippen LogP contribution is 2.26. The highest BCUT2D eigenvalue weighted by molar-refractivity contribution is 5.91. The van der Waals surface area contributed by atoms with Crippen molar-refractivity contribution >= 4 is 34.1 Å². The molecule has 1 aliphatic rings. The first-order valence-electron chi connectivity index (χ1n) is 12.8. The van der Waals surface area contributed by atoms with Crippen molar-refractivity contribution in [2.45, 2.75) is 31.8 Å². The van der Waals surface area contributed by atoms with Crippen LogP contribution in [0, 0.1) is 11.6 Å². The van der Waals surface area contributed by atoms with E-state index in [0.717, 1.165) is 43.8 Å². The van der Waals surface area contributed by atoms with Gasteiger partial charge in [-0.05, 0) is 50.1 Å². The Bertz CT molecular complexity index is 1450. The van der Waals surface area contributed by atoms with Crippen LogP contribution in [0.15, 0.2) is 55.0 Å². The van der Waals surface area contributed by atoms with Crippen LogP contribution in [0.1, 0.15) is 19.3 Å². The fourth-order valence-corrected chi connectivity index (χ4v) is 4.66. The average Bonchev–Trinajstić information content (AvgIpc) is 3.58. The Kier molecular flexibility index (Phi) is 8.23. The van der Waals surface area contributed by atoms with Crippen molar-refractivity contribution in [3.05, 3.63) is 66.6 Å². The van der Waals surface area contributed by atoms with Crippen molar-refractivity contribution in [3.8, 4) is 5.75 Å². The van der Waals surface area contributed by atoms with Crippen LogP contribution in [0.2, 0.25) is 0 Å². The maximum atomic E-state index is 13.8. The van der Waals surface area contributed by atoms with Gasteiger partial charge in [-0.1, -0.05) is 6.07 Å². The summed E-state index contributed by atoms with van der Waals surface area (Å²) < 4.78 is 34.5. The van der Waals surface area contributed by atoms with Gasteiger partial charge in [-0.3, -0.25) is 14.4 Å². The smallest absolute Gasteiger partial charge is 0.246 e. The molecule has 39 heavy (non-hydrogen) atoms. The lowest BCUT2D eigenvalue weighted by molar-refractivity contribution is -0.116. The average molecular weight is 538 g/mol. The summed E-state index contributed by atoms with van der Waals surface area (Å²) in [6.45, 7) is 2.49. The zero-order valence-corrected chi connectivity index (χ0v) is 21.2. The number of hydrogen-bond donors (Lipinski definition) is 3. The van der Waals surface area contributed by atoms with Crippen molar-refractivity contribution in [1.29, 1.82) is 0 Å². The second-order valence-corrected chi connectivity index (χ2v) is 9.29. The van der Waals surface area contributed by atoms with Crippen LogP contribution in [-0.2, 0) is 11.3 Å². The minimum atomic E-state index is -1.11. The summed E-state index contributed by atoms with van der Waals surface area (Å²) in [5.74, 6) is -1.02. The maximum absolute atomic E-state index is 13.8. The number of halogens is 2. The molecule has 1 amide bonds. The summed E-state index contributed by atoms with van der Waals surface area (Å²) in [6, 6.07) is 11.1. The Morgan fingerprint density at radius 2 is 2.08 bits per heavy atom. The SMILES string of the molecule is O=C(Cn1ccc(Nc2ncnc3cc(OCCCN4CCC[C@@H]4CO)ccc23)n1)Nc1cccc(F)c1F. The molecule has 0 saturated carbocycles. The number of nitrogens with zero attached hydrogens (tertiary/aromatic N) is 5. The minimum absolute atomic E-state index is 0.193. The number of fused-ring (bicyclic) bond motifs is 1. The molecule has 0 aliphatic carbocycles. The van der Waals surface area contributed by atoms with E-state index in [2.05, 4.69) is 30.6 Å². The number of benzene rings is 2. The molecule has 0 radical (unpaired) electrons. The number of anilines is 3. The van der Waals surface area contributed by atoms with E-state index in [1.807, 2.05) is 18.2 Å². The zero-order valence-electron chi connectivity index (χ0n) is 21.2. The van der Waals surface area contributed by atoms with Crippen LogP contribution < -0.4 is 15.4 Å². The van der Waals surface area contributed by atoms with Gasteiger partial charge >= 0.3 is 0 Å². The van der Waals surface area contributed by atoms with Gasteiger partial charge in [0, 0.05) is 36.3 Å². The number of nitrogens with one attached hydrogen (secondary N) is 2. The van der Waals surface area contributed by atoms with Gasteiger partial charge in [0.05, 0.1) is 24.4 Å². The quantitative estimate of drug-likeness (QED) is 0.248. The topological polar surface area (TPSA) is 117 Å². The van der Waals surface area contributed by atoms with Crippen LogP contribution in [0.4, 0.5) is 26.1 Å². The Morgan fingerprint density at radius 3 is 2.95 bits per heavy atom. The molecule has 5 rings (SSSR count). The highest BCUT2D eigenvalue weighted by Gasteiger charge is 2.22. The third-order valence-corrected chi connectivity index (χ3v) is 6.59. The first-order chi connectivity index (χ1) is 19.0. The van der Waals surface area contributed by atoms with Gasteiger partial charge in [0.25, 0.3) is 0 Å². The lowest BCUT2D eigenvalue weighted by Gasteiger charge is -2.22. The molecular weight excluding hydrogens is 508 g/mol. The van der Waals surface area contributed by atoms with Crippen LogP contribution in [0.5, 0.6) is 5.75 Å². The number of carbonyl (C=O) groups is 1. The number of aromatic nitrogens is 4. The third-order valence-electron chi connectivity index (χ3n) is 6.59. The van der Waals surface area contributed by atoms with E-state index in [-0.39, 0.29) is 24.9 Å². The van der Waals surface area contributed by atoms with Crippen molar-refractivity contribution < 1.29 is 23.4 Å². The first-order valence-corrected chi connectivity index (χ1v) is 12.8. The van der Waals surface area contributed by atoms with E-state index >= 15 is 0 Å². The standard InChI is InChI=1S/C27H29F2N7O3/c28-21-5-1-6-22(26(21)29)32-25(38)15-36-12-9-24(34-36)33-27-20-8-7-19(14-23(20)30-17-31-27)39-13-3-11-35-10-2-4-18(35)16-37/h1,5-9,12,14,17-18,37H,2-4,10-11,13,15-16H2,(H,32,38)(H,30,31,33,34)/t18-/m1/s1. The van der Waals surface area contributed by atoms with E-state index in [1.54, 1.807) is 12.3 Å². The largest absolute Gasteiger partial charge is 0.493 e. The van der Waals surface area contributed by atoms with Crippen LogP contribution in [-0.4, -0.2) is 68.0 Å². The number of aliphatic hydroxyl groups is 1. The molecule has 0 spiro atoms. The molecular formula is C27H29F2N7O3. The van der Waals surface area contributed by atoms with E-state index in [4.69, 9.17) is 4.74 Å². The number of rotatable bonds is 11. The highest BCUT2D eigenvalue weighted by atomic mass is 19.2. The van der Waals surface area contributed by atoms with Crippen molar-refractivity contribution in [2.75, 3.05) is 36.9 Å². The molecule has 0 unspecified atom stereocenters. The summed E-state index contributed by atoms with van der Waals surface area (Å²) in [7, 11) is 0. The predicted molar refractivity (Wildman–Crippen MR) is 142 cm³/mol. The molecule has 1 aliphatic heterocycles. The molecule has 3 heterocycles. The normalized spacial score (nSPS) is 15.5. The third kappa shape index (κ3) is 6.47. The van der Waals surface area contributed by atoms with Crippen LogP contribution >= 0.6 is 0 Å². The monoisotopic (exact) mass is 537 g/mol. The molecule has 12 heteroatoms. The number of likely N-dealkylation sites (tertiary alicyclic amines) is 1. The van der Waals surface area contributed by atoms with Crippen LogP contribution in [0.3, 0.4) is 0 Å². The Hall–Kier alpha value is -4.16. The molecule has 204 valence electrons. The predicted octanol–water partition coefficient (Wildman–Crippen LogP) is 3.71. The maximum Gasteiger partial charge on any atom is 0.246 e. The summed E-state index contributed by atoms with van der Waals surface area (Å²) in [5.41, 5.74) is 0.462. The second kappa shape index (κ2) is 12.1. The molecule has 2 aromatic carbocycles. The summed E-state index contributed by atoms with van der Waals surface area (Å²) in [4.78, 5) is 23.3. The summed E-state index contributed by atoms with van der Waals surface area (Å²) in [5, 5.41) is 20.0. The Labute approximate surface area is 223 Å². The van der Waals surface area contributed by atoms with Gasteiger partial charge in [0.15, 0.2) is 17.5 Å². The Morgan fingerprint density at radius 1 is 1.18 bits per heavy atom. The van der Waals surface area contributed by atoms with Gasteiger partial charge in [0.1, 0.15) is 24.4 Å². The number of amides is 1. The molecule has 10 nitrogen and oxygen atoms in total. The lowest BCUT2D eigenvalue weighted by Crippen LogP contribution is -2.33. The van der Waals surface area contributed by atoms with Gasteiger partial charge < -0.3 is 20.5 Å². The van der Waals surface area contributed by atoms with Crippen LogP contribution in [0.25, 0.3) is 10.9 Å². The second-order valence-electron chi connectivity index (χ2n) is 9.29. The van der Waals surface area contributed by atoms with Crippen molar-refractivity contribution in [1.82, 2.24) is 24.6 Å². The number of ether oxygens (including phenoxy) is 1. The molecule has 2 aromatic heterocycles. The van der Waals surface area contributed by atoms with Gasteiger partial charge in [-0.2, -0.15) is 5.10 Å². The van der Waals surface area contributed by atoms with Gasteiger partial charge in [-0.15, -0.1) is 0 Å². The molecule has 1 fully saturated rings. The number of carbonyl (C=O) groups excluding carboxylic acids is 1. The lowest BCUT2D eigenvalue weighted by atomic mass is 10.2. The first kappa shape index (κ1) is 26.4. The molecule has 4 aromatic rings. The van der Waals surface area contributed by atoms with Gasteiger partial charge in [-0.25, -0.2) is 18.7 Å². The number of hydrogen-bond acceptors (Lipinski definition) is 8. The van der Waals surface area contributed by atoms with Gasteiger partial charge in [0.2, 0.25) is 5.91 Å². The number of aliphatic hydroxyl groups excluding tert-OH is 1. The molecule has 1 atom stereocenters. The molecule has 3 N–H and O–H groups in total. The van der Waals surface area contributed by atoms with Crippen molar-refractivity contribution in [2.24, 2.45) is 0 Å². The fraction of sp³-hybridized carbons (Fsp3) is 0.333. The Balaban J connectivity index is 1.16. The van der Waals surface area contributed by atoms with Crippen molar-refractivity contribution in [3.63, 3.8) is 0 Å². The molecule has 0 bridgehead atoms.